The number of hydrogen-bond acceptors (Lipinski definition) is 1. The Morgan fingerprint density at radius 1 is 1.09 bits per heavy atom. The molecule has 0 aliphatic carbocycles. The van der Waals surface area contributed by atoms with Gasteiger partial charge in [0.15, 0.2) is 0 Å². The summed E-state index contributed by atoms with van der Waals surface area (Å²) in [5.41, 5.74) is 3.93. The van der Waals surface area contributed by atoms with E-state index >= 15 is 0 Å². The highest BCUT2D eigenvalue weighted by atomic mass is 16.5. The third kappa shape index (κ3) is 4.02. The molecule has 0 fully saturated rings. The smallest absolute Gasteiger partial charge is 0.119 e. The Labute approximate surface area is 137 Å². The maximum atomic E-state index is 5.49. The zero-order chi connectivity index (χ0) is 15.9. The molecule has 0 radical (unpaired) electrons. The van der Waals surface area contributed by atoms with Crippen LogP contribution in [0.5, 0.6) is 5.75 Å². The van der Waals surface area contributed by atoms with Crippen molar-refractivity contribution >= 4 is 10.9 Å². The van der Waals surface area contributed by atoms with E-state index in [4.69, 9.17) is 4.74 Å². The van der Waals surface area contributed by atoms with Crippen LogP contribution < -0.4 is 10.1 Å². The number of hydrogen-bond donors (Lipinski definition) is 2. The molecule has 1 aromatic heterocycles. The van der Waals surface area contributed by atoms with Crippen LogP contribution in [0.1, 0.15) is 11.1 Å². The van der Waals surface area contributed by atoms with Gasteiger partial charge in [-0.1, -0.05) is 30.9 Å². The first-order chi connectivity index (χ1) is 11.4. The highest BCUT2D eigenvalue weighted by molar-refractivity contribution is 5.82. The van der Waals surface area contributed by atoms with Gasteiger partial charge in [0.2, 0.25) is 0 Å². The van der Waals surface area contributed by atoms with Crippen LogP contribution in [0, 0.1) is 0 Å². The summed E-state index contributed by atoms with van der Waals surface area (Å²) < 4.78 is 5.49. The molecular weight excluding hydrogens is 284 g/mol. The summed E-state index contributed by atoms with van der Waals surface area (Å²) >= 11 is 0. The van der Waals surface area contributed by atoms with Crippen molar-refractivity contribution in [1.29, 1.82) is 0 Å². The SMILES string of the molecule is C=CCOc1ccc(C[NH2+]CCc2c[nH]c3ccccc23)cc1. The molecule has 3 rings (SSSR count). The summed E-state index contributed by atoms with van der Waals surface area (Å²) in [6, 6.07) is 16.8. The Hall–Kier alpha value is -2.52. The van der Waals surface area contributed by atoms with E-state index in [0.29, 0.717) is 6.61 Å². The molecule has 0 unspecified atom stereocenters. The van der Waals surface area contributed by atoms with Crippen LogP contribution in [0.4, 0.5) is 0 Å². The number of nitrogens with two attached hydrogens (primary N) is 1. The zero-order valence-electron chi connectivity index (χ0n) is 13.3. The number of H-pyrrole nitrogens is 1. The minimum Gasteiger partial charge on any atom is -0.490 e. The van der Waals surface area contributed by atoms with Crippen LogP contribution in [0.15, 0.2) is 67.4 Å². The van der Waals surface area contributed by atoms with Crippen molar-refractivity contribution in [2.45, 2.75) is 13.0 Å². The van der Waals surface area contributed by atoms with Crippen molar-refractivity contribution in [1.82, 2.24) is 4.98 Å². The lowest BCUT2D eigenvalue weighted by molar-refractivity contribution is -0.670. The van der Waals surface area contributed by atoms with Gasteiger partial charge in [0.25, 0.3) is 0 Å². The summed E-state index contributed by atoms with van der Waals surface area (Å²) in [5.74, 6) is 0.896. The second-order valence-electron chi connectivity index (χ2n) is 5.63. The van der Waals surface area contributed by atoms with E-state index in [-0.39, 0.29) is 0 Å². The molecule has 23 heavy (non-hydrogen) atoms. The maximum absolute atomic E-state index is 5.49. The van der Waals surface area contributed by atoms with Crippen LogP contribution in [0.3, 0.4) is 0 Å². The van der Waals surface area contributed by atoms with Crippen molar-refractivity contribution in [2.24, 2.45) is 0 Å². The second-order valence-corrected chi connectivity index (χ2v) is 5.63. The van der Waals surface area contributed by atoms with E-state index in [1.54, 1.807) is 6.08 Å². The van der Waals surface area contributed by atoms with E-state index in [2.05, 4.69) is 59.5 Å². The van der Waals surface area contributed by atoms with Gasteiger partial charge < -0.3 is 15.0 Å². The molecule has 0 bridgehead atoms. The molecule has 3 aromatic rings. The average molecular weight is 307 g/mol. The lowest BCUT2D eigenvalue weighted by Gasteiger charge is -2.05. The molecule has 0 atom stereocenters. The predicted molar refractivity (Wildman–Crippen MR) is 94.6 cm³/mol. The molecular formula is C20H23N2O+. The molecule has 0 spiro atoms. The summed E-state index contributed by atoms with van der Waals surface area (Å²) in [4.78, 5) is 3.33. The fourth-order valence-electron chi connectivity index (χ4n) is 2.74. The number of ether oxygens (including phenoxy) is 1. The first-order valence-corrected chi connectivity index (χ1v) is 8.06. The summed E-state index contributed by atoms with van der Waals surface area (Å²) in [6.45, 7) is 6.27. The Morgan fingerprint density at radius 2 is 1.91 bits per heavy atom. The quantitative estimate of drug-likeness (QED) is 0.487. The zero-order valence-corrected chi connectivity index (χ0v) is 13.3. The van der Waals surface area contributed by atoms with Crippen LogP contribution in [0.25, 0.3) is 10.9 Å². The predicted octanol–water partition coefficient (Wildman–Crippen LogP) is 3.04. The average Bonchev–Trinajstić information content (AvgIpc) is 3.01. The number of rotatable bonds is 8. The molecule has 3 N–H and O–H groups in total. The second kappa shape index (κ2) is 7.65. The molecule has 1 heterocycles. The van der Waals surface area contributed by atoms with E-state index in [1.165, 1.54) is 22.0 Å². The van der Waals surface area contributed by atoms with Gasteiger partial charge in [0.05, 0.1) is 6.54 Å². The molecule has 3 nitrogen and oxygen atoms in total. The minimum atomic E-state index is 0.552. The molecule has 0 aliphatic heterocycles. The highest BCUT2D eigenvalue weighted by Crippen LogP contribution is 2.17. The Balaban J connectivity index is 1.47. The third-order valence-corrected chi connectivity index (χ3v) is 3.96. The number of aromatic nitrogens is 1. The molecule has 3 heteroatoms. The number of fused-ring (bicyclic) bond motifs is 1. The van der Waals surface area contributed by atoms with Gasteiger partial charge in [-0.2, -0.15) is 0 Å². The van der Waals surface area contributed by atoms with Crippen LogP contribution in [0.2, 0.25) is 0 Å². The maximum Gasteiger partial charge on any atom is 0.119 e. The Bertz CT molecular complexity index is 759. The Morgan fingerprint density at radius 3 is 2.74 bits per heavy atom. The van der Waals surface area contributed by atoms with E-state index < -0.39 is 0 Å². The number of benzene rings is 2. The van der Waals surface area contributed by atoms with Gasteiger partial charge in [0.1, 0.15) is 18.9 Å². The molecule has 118 valence electrons. The van der Waals surface area contributed by atoms with Crippen LogP contribution >= 0.6 is 0 Å². The van der Waals surface area contributed by atoms with Gasteiger partial charge in [-0.25, -0.2) is 0 Å². The van der Waals surface area contributed by atoms with Crippen molar-refractivity contribution < 1.29 is 10.1 Å². The topological polar surface area (TPSA) is 41.6 Å². The first-order valence-electron chi connectivity index (χ1n) is 8.06. The fourth-order valence-corrected chi connectivity index (χ4v) is 2.74. The molecule has 0 amide bonds. The first kappa shape index (κ1) is 15.4. The molecule has 0 aliphatic rings. The van der Waals surface area contributed by atoms with Crippen LogP contribution in [-0.2, 0) is 13.0 Å². The molecule has 2 aromatic carbocycles. The van der Waals surface area contributed by atoms with Crippen LogP contribution in [-0.4, -0.2) is 18.1 Å². The largest absolute Gasteiger partial charge is 0.490 e. The van der Waals surface area contributed by atoms with Gasteiger partial charge in [-0.3, -0.25) is 0 Å². The molecule has 0 saturated heterocycles. The van der Waals surface area contributed by atoms with Gasteiger partial charge >= 0.3 is 0 Å². The minimum absolute atomic E-state index is 0.552. The molecule has 0 saturated carbocycles. The third-order valence-electron chi connectivity index (χ3n) is 3.96. The van der Waals surface area contributed by atoms with Crippen molar-refractivity contribution in [2.75, 3.05) is 13.2 Å². The van der Waals surface area contributed by atoms with Crippen molar-refractivity contribution in [3.63, 3.8) is 0 Å². The van der Waals surface area contributed by atoms with E-state index in [1.807, 2.05) is 12.1 Å². The number of aromatic amines is 1. The van der Waals surface area contributed by atoms with Gasteiger partial charge in [-0.15, -0.1) is 0 Å². The van der Waals surface area contributed by atoms with Crippen molar-refractivity contribution in [3.05, 3.63) is 78.5 Å². The summed E-state index contributed by atoms with van der Waals surface area (Å²) in [7, 11) is 0. The summed E-state index contributed by atoms with van der Waals surface area (Å²) in [5, 5.41) is 3.69. The summed E-state index contributed by atoms with van der Waals surface area (Å²) in [6.07, 6.45) is 4.96. The van der Waals surface area contributed by atoms with E-state index in [9.17, 15) is 0 Å². The fraction of sp³-hybridized carbons (Fsp3) is 0.200. The van der Waals surface area contributed by atoms with Gasteiger partial charge in [-0.05, 0) is 35.9 Å². The standard InChI is InChI=1S/C20H22N2O/c1-2-13-23-18-9-7-16(8-10-18)14-21-12-11-17-15-22-20-6-4-3-5-19(17)20/h2-10,15,21-22H,1,11-14H2/p+1. The highest BCUT2D eigenvalue weighted by Gasteiger charge is 2.04. The Kier molecular flexibility index (Phi) is 5.12. The number of quaternary nitrogens is 1. The number of nitrogens with one attached hydrogen (secondary N) is 1. The lowest BCUT2D eigenvalue weighted by Crippen LogP contribution is -2.83. The number of para-hydroxylation sites is 1. The lowest BCUT2D eigenvalue weighted by atomic mass is 10.1. The monoisotopic (exact) mass is 307 g/mol. The van der Waals surface area contributed by atoms with Crippen molar-refractivity contribution in [3.8, 4) is 5.75 Å². The van der Waals surface area contributed by atoms with Gasteiger partial charge in [0, 0.05) is 29.1 Å². The van der Waals surface area contributed by atoms with E-state index in [0.717, 1.165) is 25.3 Å². The normalized spacial score (nSPS) is 10.8.